The van der Waals surface area contributed by atoms with Gasteiger partial charge in [-0.2, -0.15) is 0 Å². The number of hydrogen-bond donors (Lipinski definition) is 1. The van der Waals surface area contributed by atoms with Crippen LogP contribution < -0.4 is 5.32 Å². The van der Waals surface area contributed by atoms with E-state index in [1.165, 1.54) is 6.42 Å². The van der Waals surface area contributed by atoms with Crippen LogP contribution in [0.1, 0.15) is 60.3 Å². The Labute approximate surface area is 124 Å². The van der Waals surface area contributed by atoms with Crippen LogP contribution >= 0.6 is 0 Å². The van der Waals surface area contributed by atoms with Gasteiger partial charge in [-0.3, -0.25) is 10.1 Å². The van der Waals surface area contributed by atoms with Crippen LogP contribution in [0.4, 0.5) is 0 Å². The molecule has 2 atom stereocenters. The molecule has 1 aliphatic rings. The van der Waals surface area contributed by atoms with Crippen molar-refractivity contribution < 1.29 is 9.53 Å². The van der Waals surface area contributed by atoms with E-state index in [0.717, 1.165) is 32.4 Å². The highest BCUT2D eigenvalue weighted by atomic mass is 16.5. The zero-order valence-electron chi connectivity index (χ0n) is 13.9. The van der Waals surface area contributed by atoms with Gasteiger partial charge in [-0.05, 0) is 59.5 Å². The Balaban J connectivity index is 2.89. The summed E-state index contributed by atoms with van der Waals surface area (Å²) in [6.07, 6.45) is 4.02. The van der Waals surface area contributed by atoms with Crippen LogP contribution in [0.2, 0.25) is 0 Å². The van der Waals surface area contributed by atoms with E-state index in [1.807, 2.05) is 6.92 Å². The van der Waals surface area contributed by atoms with Gasteiger partial charge >= 0.3 is 5.97 Å². The van der Waals surface area contributed by atoms with Gasteiger partial charge in [0.25, 0.3) is 0 Å². The van der Waals surface area contributed by atoms with Gasteiger partial charge in [-0.15, -0.1) is 0 Å². The van der Waals surface area contributed by atoms with E-state index in [1.54, 1.807) is 0 Å². The third-order valence-electron chi connectivity index (χ3n) is 4.28. The van der Waals surface area contributed by atoms with Crippen molar-refractivity contribution in [3.63, 3.8) is 0 Å². The number of nitrogens with one attached hydrogen (secondary N) is 1. The van der Waals surface area contributed by atoms with Gasteiger partial charge in [0.2, 0.25) is 0 Å². The maximum Gasteiger partial charge on any atom is 0.326 e. The van der Waals surface area contributed by atoms with Crippen molar-refractivity contribution in [1.82, 2.24) is 10.2 Å². The molecule has 1 saturated carbocycles. The second-order valence-corrected chi connectivity index (χ2v) is 6.07. The summed E-state index contributed by atoms with van der Waals surface area (Å²) in [5.41, 5.74) is -0.490. The Morgan fingerprint density at radius 3 is 2.50 bits per heavy atom. The van der Waals surface area contributed by atoms with Gasteiger partial charge in [-0.1, -0.05) is 13.8 Å². The summed E-state index contributed by atoms with van der Waals surface area (Å²) in [5, 5.41) is 3.51. The minimum atomic E-state index is -0.490. The lowest BCUT2D eigenvalue weighted by Crippen LogP contribution is -2.60. The fourth-order valence-electron chi connectivity index (χ4n) is 3.49. The van der Waals surface area contributed by atoms with Crippen molar-refractivity contribution in [2.75, 3.05) is 19.7 Å². The number of esters is 1. The Hall–Kier alpha value is -0.610. The first-order valence-electron chi connectivity index (χ1n) is 8.18. The SMILES string of the molecule is CCOC(=O)C1(NC(C)C)CCCC(N(CC)CC)C1. The fourth-order valence-corrected chi connectivity index (χ4v) is 3.49. The molecule has 0 spiro atoms. The van der Waals surface area contributed by atoms with E-state index >= 15 is 0 Å². The molecule has 1 fully saturated rings. The average molecular weight is 284 g/mol. The maximum absolute atomic E-state index is 12.5. The zero-order chi connectivity index (χ0) is 15.2. The van der Waals surface area contributed by atoms with Crippen LogP contribution in [-0.4, -0.2) is 48.2 Å². The molecule has 0 aromatic heterocycles. The third kappa shape index (κ3) is 4.19. The van der Waals surface area contributed by atoms with E-state index in [9.17, 15) is 4.79 Å². The summed E-state index contributed by atoms with van der Waals surface area (Å²) in [7, 11) is 0. The molecule has 118 valence electrons. The minimum absolute atomic E-state index is 0.0643. The summed E-state index contributed by atoms with van der Waals surface area (Å²) in [4.78, 5) is 15.0. The van der Waals surface area contributed by atoms with Crippen molar-refractivity contribution in [3.8, 4) is 0 Å². The molecule has 2 unspecified atom stereocenters. The smallest absolute Gasteiger partial charge is 0.326 e. The molecule has 0 heterocycles. The van der Waals surface area contributed by atoms with E-state index in [4.69, 9.17) is 4.74 Å². The predicted molar refractivity (Wildman–Crippen MR) is 82.8 cm³/mol. The summed E-state index contributed by atoms with van der Waals surface area (Å²) in [5.74, 6) is -0.0643. The number of carbonyl (C=O) groups excluding carboxylic acids is 1. The molecule has 0 amide bonds. The highest BCUT2D eigenvalue weighted by molar-refractivity contribution is 5.81. The Morgan fingerprint density at radius 2 is 2.00 bits per heavy atom. The van der Waals surface area contributed by atoms with Gasteiger partial charge in [0.1, 0.15) is 5.54 Å². The largest absolute Gasteiger partial charge is 0.465 e. The van der Waals surface area contributed by atoms with E-state index in [2.05, 4.69) is 37.9 Å². The van der Waals surface area contributed by atoms with Gasteiger partial charge in [0.05, 0.1) is 6.61 Å². The molecule has 0 aliphatic heterocycles. The first-order chi connectivity index (χ1) is 9.49. The fraction of sp³-hybridized carbons (Fsp3) is 0.938. The summed E-state index contributed by atoms with van der Waals surface area (Å²) in [6.45, 7) is 13.0. The number of ether oxygens (including phenoxy) is 1. The van der Waals surface area contributed by atoms with Gasteiger partial charge in [-0.25, -0.2) is 0 Å². The lowest BCUT2D eigenvalue weighted by molar-refractivity contribution is -0.154. The van der Waals surface area contributed by atoms with E-state index in [0.29, 0.717) is 12.6 Å². The molecule has 0 aromatic rings. The molecule has 1 N–H and O–H groups in total. The third-order valence-corrected chi connectivity index (χ3v) is 4.28. The van der Waals surface area contributed by atoms with Crippen LogP contribution in [0.3, 0.4) is 0 Å². The zero-order valence-corrected chi connectivity index (χ0v) is 13.9. The average Bonchev–Trinajstić information content (AvgIpc) is 2.40. The normalized spacial score (nSPS) is 27.1. The summed E-state index contributed by atoms with van der Waals surface area (Å²) >= 11 is 0. The topological polar surface area (TPSA) is 41.6 Å². The van der Waals surface area contributed by atoms with Crippen molar-refractivity contribution >= 4 is 5.97 Å². The lowest BCUT2D eigenvalue weighted by atomic mass is 9.77. The molecule has 4 heteroatoms. The molecular formula is C16H32N2O2. The van der Waals surface area contributed by atoms with E-state index in [-0.39, 0.29) is 12.0 Å². The predicted octanol–water partition coefficient (Wildman–Crippen LogP) is 2.57. The summed E-state index contributed by atoms with van der Waals surface area (Å²) < 4.78 is 5.36. The second kappa shape index (κ2) is 7.99. The Morgan fingerprint density at radius 1 is 1.35 bits per heavy atom. The van der Waals surface area contributed by atoms with Crippen LogP contribution in [0.25, 0.3) is 0 Å². The number of carbonyl (C=O) groups is 1. The molecule has 0 bridgehead atoms. The van der Waals surface area contributed by atoms with Crippen molar-refractivity contribution in [2.45, 2.75) is 77.9 Å². The Bertz CT molecular complexity index is 303. The number of nitrogens with zero attached hydrogens (tertiary/aromatic N) is 1. The lowest BCUT2D eigenvalue weighted by Gasteiger charge is -2.44. The molecule has 20 heavy (non-hydrogen) atoms. The molecule has 1 aliphatic carbocycles. The van der Waals surface area contributed by atoms with Crippen molar-refractivity contribution in [3.05, 3.63) is 0 Å². The number of hydrogen-bond acceptors (Lipinski definition) is 4. The van der Waals surface area contributed by atoms with Crippen LogP contribution in [0.15, 0.2) is 0 Å². The highest BCUT2D eigenvalue weighted by Gasteiger charge is 2.45. The van der Waals surface area contributed by atoms with Crippen molar-refractivity contribution in [2.24, 2.45) is 0 Å². The monoisotopic (exact) mass is 284 g/mol. The quantitative estimate of drug-likeness (QED) is 0.730. The standard InChI is InChI=1S/C16H32N2O2/c1-6-18(7-2)14-10-9-11-16(12-14,17-13(4)5)15(19)20-8-3/h13-14,17H,6-12H2,1-5H3. The Kier molecular flexibility index (Phi) is 6.96. The van der Waals surface area contributed by atoms with Crippen molar-refractivity contribution in [1.29, 1.82) is 0 Å². The molecule has 0 radical (unpaired) electrons. The first-order valence-corrected chi connectivity index (χ1v) is 8.18. The molecule has 0 saturated heterocycles. The molecular weight excluding hydrogens is 252 g/mol. The highest BCUT2D eigenvalue weighted by Crippen LogP contribution is 2.33. The molecule has 4 nitrogen and oxygen atoms in total. The molecule has 1 rings (SSSR count). The number of rotatable bonds is 7. The first kappa shape index (κ1) is 17.4. The molecule has 0 aromatic carbocycles. The van der Waals surface area contributed by atoms with Gasteiger partial charge in [0.15, 0.2) is 0 Å². The van der Waals surface area contributed by atoms with Gasteiger partial charge in [0, 0.05) is 12.1 Å². The van der Waals surface area contributed by atoms with Crippen LogP contribution in [0.5, 0.6) is 0 Å². The van der Waals surface area contributed by atoms with E-state index < -0.39 is 5.54 Å². The maximum atomic E-state index is 12.5. The second-order valence-electron chi connectivity index (χ2n) is 6.07. The summed E-state index contributed by atoms with van der Waals surface area (Å²) in [6, 6.07) is 0.768. The minimum Gasteiger partial charge on any atom is -0.465 e. The van der Waals surface area contributed by atoms with Crippen LogP contribution in [0, 0.1) is 0 Å². The van der Waals surface area contributed by atoms with Gasteiger partial charge < -0.3 is 9.64 Å². The van der Waals surface area contributed by atoms with Crippen LogP contribution in [-0.2, 0) is 9.53 Å².